The number of rotatable bonds is 8. The molecule has 1 unspecified atom stereocenters. The molecule has 0 spiro atoms. The van der Waals surface area contributed by atoms with Gasteiger partial charge in [0, 0.05) is 44.0 Å². The van der Waals surface area contributed by atoms with Crippen molar-refractivity contribution in [3.05, 3.63) is 65.5 Å². The van der Waals surface area contributed by atoms with Gasteiger partial charge in [-0.15, -0.1) is 0 Å². The molecule has 2 aliphatic heterocycles. The number of hydrogen-bond acceptors (Lipinski definition) is 8. The predicted molar refractivity (Wildman–Crippen MR) is 134 cm³/mol. The quantitative estimate of drug-likeness (QED) is 0.317. The first-order chi connectivity index (χ1) is 17.8. The Morgan fingerprint density at radius 1 is 1.08 bits per heavy atom. The Bertz CT molecular complexity index is 1150. The molecule has 0 radical (unpaired) electrons. The SMILES string of the molecule is CCOC(=O)CN1CCN(CC2CN(c3ccc(C(=N)NC(=O)c4ccccc4F)cc3)C(=O)O2)CC1. The molecule has 0 aromatic heterocycles. The number of carbonyl (C=O) groups excluding carboxylic acids is 3. The lowest BCUT2D eigenvalue weighted by Crippen LogP contribution is -2.50. The molecule has 2 saturated heterocycles. The van der Waals surface area contributed by atoms with Crippen LogP contribution in [-0.4, -0.2) is 92.1 Å². The lowest BCUT2D eigenvalue weighted by atomic mass is 10.1. The fourth-order valence-electron chi connectivity index (χ4n) is 4.34. The Morgan fingerprint density at radius 2 is 1.76 bits per heavy atom. The number of amides is 2. The van der Waals surface area contributed by atoms with Crippen molar-refractivity contribution in [3.63, 3.8) is 0 Å². The number of nitrogens with one attached hydrogen (secondary N) is 2. The van der Waals surface area contributed by atoms with Crippen LogP contribution in [0.5, 0.6) is 0 Å². The summed E-state index contributed by atoms with van der Waals surface area (Å²) in [7, 11) is 0. The molecule has 2 amide bonds. The van der Waals surface area contributed by atoms with Gasteiger partial charge in [-0.3, -0.25) is 29.7 Å². The van der Waals surface area contributed by atoms with Crippen molar-refractivity contribution < 1.29 is 28.2 Å². The molecule has 196 valence electrons. The number of benzene rings is 2. The number of hydrogen-bond donors (Lipinski definition) is 2. The monoisotopic (exact) mass is 511 g/mol. The highest BCUT2D eigenvalue weighted by atomic mass is 19.1. The molecule has 0 bridgehead atoms. The van der Waals surface area contributed by atoms with E-state index in [1.54, 1.807) is 37.3 Å². The Kier molecular flexibility index (Phi) is 8.47. The van der Waals surface area contributed by atoms with Crippen LogP contribution in [0.25, 0.3) is 0 Å². The van der Waals surface area contributed by atoms with Gasteiger partial charge < -0.3 is 14.8 Å². The summed E-state index contributed by atoms with van der Waals surface area (Å²) in [5, 5.41) is 10.5. The molecule has 2 N–H and O–H groups in total. The minimum absolute atomic E-state index is 0.143. The fourth-order valence-corrected chi connectivity index (χ4v) is 4.34. The van der Waals surface area contributed by atoms with Crippen molar-refractivity contribution in [1.29, 1.82) is 5.41 Å². The maximum atomic E-state index is 13.8. The molecule has 11 heteroatoms. The summed E-state index contributed by atoms with van der Waals surface area (Å²) in [6, 6.07) is 12.1. The van der Waals surface area contributed by atoms with E-state index in [9.17, 15) is 18.8 Å². The molecule has 0 saturated carbocycles. The van der Waals surface area contributed by atoms with Gasteiger partial charge in [-0.05, 0) is 43.3 Å². The largest absolute Gasteiger partial charge is 0.465 e. The molecule has 2 fully saturated rings. The number of amidine groups is 1. The number of anilines is 1. The minimum atomic E-state index is -0.708. The van der Waals surface area contributed by atoms with E-state index in [2.05, 4.69) is 15.1 Å². The van der Waals surface area contributed by atoms with Gasteiger partial charge in [0.15, 0.2) is 0 Å². The molecule has 2 aromatic carbocycles. The van der Waals surface area contributed by atoms with Crippen LogP contribution in [0.2, 0.25) is 0 Å². The molecule has 37 heavy (non-hydrogen) atoms. The first-order valence-electron chi connectivity index (χ1n) is 12.2. The van der Waals surface area contributed by atoms with E-state index in [-0.39, 0.29) is 30.0 Å². The van der Waals surface area contributed by atoms with Crippen LogP contribution in [0.1, 0.15) is 22.8 Å². The minimum Gasteiger partial charge on any atom is -0.465 e. The van der Waals surface area contributed by atoms with Crippen LogP contribution in [0.3, 0.4) is 0 Å². The zero-order chi connectivity index (χ0) is 26.4. The number of carbonyl (C=O) groups is 3. The summed E-state index contributed by atoms with van der Waals surface area (Å²) in [5.41, 5.74) is 0.886. The molecule has 4 rings (SSSR count). The maximum Gasteiger partial charge on any atom is 0.414 e. The van der Waals surface area contributed by atoms with Crippen molar-refractivity contribution in [3.8, 4) is 0 Å². The van der Waals surface area contributed by atoms with Gasteiger partial charge in [-0.25, -0.2) is 9.18 Å². The summed E-state index contributed by atoms with van der Waals surface area (Å²) in [4.78, 5) is 42.3. The lowest BCUT2D eigenvalue weighted by molar-refractivity contribution is -0.144. The van der Waals surface area contributed by atoms with Gasteiger partial charge in [0.2, 0.25) is 0 Å². The number of halogens is 1. The number of nitrogens with zero attached hydrogens (tertiary/aromatic N) is 3. The van der Waals surface area contributed by atoms with E-state index in [4.69, 9.17) is 14.9 Å². The fraction of sp³-hybridized carbons (Fsp3) is 0.385. The summed E-state index contributed by atoms with van der Waals surface area (Å²) in [5.74, 6) is -1.77. The van der Waals surface area contributed by atoms with Crippen LogP contribution >= 0.6 is 0 Å². The number of ether oxygens (including phenoxy) is 2. The van der Waals surface area contributed by atoms with E-state index in [1.165, 1.54) is 23.1 Å². The van der Waals surface area contributed by atoms with Crippen LogP contribution in [0.4, 0.5) is 14.9 Å². The van der Waals surface area contributed by atoms with Gasteiger partial charge in [0.25, 0.3) is 5.91 Å². The normalized spacial score (nSPS) is 18.4. The van der Waals surface area contributed by atoms with Gasteiger partial charge in [0.1, 0.15) is 17.8 Å². The third-order valence-corrected chi connectivity index (χ3v) is 6.28. The van der Waals surface area contributed by atoms with Crippen LogP contribution in [0.15, 0.2) is 48.5 Å². The second-order valence-electron chi connectivity index (χ2n) is 8.85. The summed E-state index contributed by atoms with van der Waals surface area (Å²) in [6.45, 7) is 6.45. The van der Waals surface area contributed by atoms with Crippen molar-refractivity contribution in [1.82, 2.24) is 15.1 Å². The summed E-state index contributed by atoms with van der Waals surface area (Å²) >= 11 is 0. The third-order valence-electron chi connectivity index (χ3n) is 6.28. The molecular weight excluding hydrogens is 481 g/mol. The second kappa shape index (κ2) is 11.9. The van der Waals surface area contributed by atoms with Gasteiger partial charge in [-0.2, -0.15) is 0 Å². The van der Waals surface area contributed by atoms with Crippen molar-refractivity contribution in [2.45, 2.75) is 13.0 Å². The molecule has 2 aliphatic rings. The number of piperazine rings is 1. The Labute approximate surface area is 214 Å². The highest BCUT2D eigenvalue weighted by Gasteiger charge is 2.34. The average Bonchev–Trinajstić information content (AvgIpc) is 3.25. The van der Waals surface area contributed by atoms with E-state index >= 15 is 0 Å². The van der Waals surface area contributed by atoms with Gasteiger partial charge >= 0.3 is 12.1 Å². The van der Waals surface area contributed by atoms with Crippen LogP contribution < -0.4 is 10.2 Å². The second-order valence-corrected chi connectivity index (χ2v) is 8.85. The molecule has 2 aromatic rings. The van der Waals surface area contributed by atoms with Gasteiger partial charge in [0.05, 0.1) is 25.3 Å². The van der Waals surface area contributed by atoms with Crippen molar-refractivity contribution >= 4 is 29.5 Å². The summed E-state index contributed by atoms with van der Waals surface area (Å²) in [6.07, 6.45) is -0.733. The zero-order valence-corrected chi connectivity index (χ0v) is 20.6. The lowest BCUT2D eigenvalue weighted by Gasteiger charge is -2.34. The third kappa shape index (κ3) is 6.69. The van der Waals surface area contributed by atoms with Crippen LogP contribution in [-0.2, 0) is 14.3 Å². The first kappa shape index (κ1) is 26.2. The molecule has 0 aliphatic carbocycles. The smallest absolute Gasteiger partial charge is 0.414 e. The van der Waals surface area contributed by atoms with Crippen LogP contribution in [0, 0.1) is 11.2 Å². The average molecular weight is 512 g/mol. The predicted octanol–water partition coefficient (Wildman–Crippen LogP) is 2.09. The summed E-state index contributed by atoms with van der Waals surface area (Å²) < 4.78 is 24.4. The van der Waals surface area contributed by atoms with E-state index in [0.29, 0.717) is 30.9 Å². The highest BCUT2D eigenvalue weighted by molar-refractivity contribution is 6.11. The molecule has 10 nitrogen and oxygen atoms in total. The van der Waals surface area contributed by atoms with Gasteiger partial charge in [-0.1, -0.05) is 12.1 Å². The first-order valence-corrected chi connectivity index (χ1v) is 12.2. The van der Waals surface area contributed by atoms with E-state index in [0.717, 1.165) is 26.2 Å². The highest BCUT2D eigenvalue weighted by Crippen LogP contribution is 2.23. The zero-order valence-electron chi connectivity index (χ0n) is 20.6. The topological polar surface area (TPSA) is 115 Å². The molecule has 1 atom stereocenters. The Morgan fingerprint density at radius 3 is 2.43 bits per heavy atom. The molecule has 2 heterocycles. The maximum absolute atomic E-state index is 13.8. The standard InChI is InChI=1S/C26H30FN5O5/c1-2-36-23(33)17-31-13-11-30(12-14-31)15-20-16-32(26(35)37-20)19-9-7-18(8-10-19)24(28)29-25(34)21-5-3-4-6-22(21)27/h3-10,20H,2,11-17H2,1H3,(H2,28,29,34). The number of cyclic esters (lactones) is 1. The van der Waals surface area contributed by atoms with E-state index in [1.807, 2.05) is 0 Å². The van der Waals surface area contributed by atoms with E-state index < -0.39 is 17.8 Å². The number of esters is 1. The Balaban J connectivity index is 1.27. The van der Waals surface area contributed by atoms with Crippen molar-refractivity contribution in [2.24, 2.45) is 0 Å². The van der Waals surface area contributed by atoms with Crippen molar-refractivity contribution in [2.75, 3.05) is 57.3 Å². The Hall–Kier alpha value is -3.83. The molecular formula is C26H30FN5O5.